The third kappa shape index (κ3) is 5.37. The van der Waals surface area contributed by atoms with Gasteiger partial charge in [0, 0.05) is 42.0 Å². The average molecular weight is 401 g/mol. The number of benzene rings is 2. The Hall–Kier alpha value is -3.29. The Kier molecular flexibility index (Phi) is 6.54. The summed E-state index contributed by atoms with van der Waals surface area (Å²) < 4.78 is 26.1. The third-order valence-corrected chi connectivity index (χ3v) is 4.89. The molecule has 2 aromatic carbocycles. The van der Waals surface area contributed by atoms with Crippen LogP contribution in [0.1, 0.15) is 23.2 Å². The van der Waals surface area contributed by atoms with Crippen LogP contribution < -0.4 is 15.5 Å². The van der Waals surface area contributed by atoms with Crippen LogP contribution in [-0.2, 0) is 9.59 Å². The number of amides is 2. The maximum Gasteiger partial charge on any atom is 0.243 e. The maximum atomic E-state index is 13.2. The predicted octanol–water partition coefficient (Wildman–Crippen LogP) is 2.75. The highest BCUT2D eigenvalue weighted by Crippen LogP contribution is 2.23. The summed E-state index contributed by atoms with van der Waals surface area (Å²) in [5.74, 6) is -2.98. The zero-order chi connectivity index (χ0) is 20.8. The van der Waals surface area contributed by atoms with Crippen molar-refractivity contribution in [2.45, 2.75) is 12.8 Å². The van der Waals surface area contributed by atoms with E-state index in [4.69, 9.17) is 0 Å². The standard InChI is InChI=1S/C21H21F2N3O3/c22-18-6-3-16(11-19(18)23)25-20(28)12-24-21(29)15-7-9-26(10-8-15)17-4-1-14(13-27)2-5-17/h1-6,11,13,15H,7-10,12H2,(H,24,29)(H,25,28). The lowest BCUT2D eigenvalue weighted by atomic mass is 9.95. The molecule has 0 saturated carbocycles. The number of carbonyl (C=O) groups is 3. The number of rotatable bonds is 6. The molecular weight excluding hydrogens is 380 g/mol. The minimum atomic E-state index is -1.06. The molecule has 0 radical (unpaired) electrons. The monoisotopic (exact) mass is 401 g/mol. The molecule has 2 aromatic rings. The van der Waals surface area contributed by atoms with Crippen molar-refractivity contribution >= 4 is 29.5 Å². The van der Waals surface area contributed by atoms with E-state index in [1.807, 2.05) is 12.1 Å². The molecule has 1 aliphatic rings. The van der Waals surface area contributed by atoms with Gasteiger partial charge in [-0.1, -0.05) is 0 Å². The summed E-state index contributed by atoms with van der Waals surface area (Å²) in [6, 6.07) is 10.3. The van der Waals surface area contributed by atoms with Crippen molar-refractivity contribution < 1.29 is 23.2 Å². The quantitative estimate of drug-likeness (QED) is 0.730. The molecule has 1 fully saturated rings. The van der Waals surface area contributed by atoms with E-state index in [1.54, 1.807) is 12.1 Å². The highest BCUT2D eigenvalue weighted by molar-refractivity contribution is 5.94. The van der Waals surface area contributed by atoms with Crippen LogP contribution >= 0.6 is 0 Å². The Balaban J connectivity index is 1.43. The molecule has 0 aliphatic carbocycles. The fourth-order valence-electron chi connectivity index (χ4n) is 3.25. The van der Waals surface area contributed by atoms with Gasteiger partial charge in [0.1, 0.15) is 6.29 Å². The summed E-state index contributed by atoms with van der Waals surface area (Å²) in [6.45, 7) is 1.14. The lowest BCUT2D eigenvalue weighted by Crippen LogP contribution is -2.42. The van der Waals surface area contributed by atoms with E-state index < -0.39 is 17.5 Å². The van der Waals surface area contributed by atoms with Crippen molar-refractivity contribution in [3.63, 3.8) is 0 Å². The molecule has 152 valence electrons. The molecule has 0 unspecified atom stereocenters. The van der Waals surface area contributed by atoms with Crippen LogP contribution in [0.4, 0.5) is 20.2 Å². The third-order valence-electron chi connectivity index (χ3n) is 4.89. The van der Waals surface area contributed by atoms with Crippen LogP contribution in [0.2, 0.25) is 0 Å². The molecule has 6 nitrogen and oxygen atoms in total. The summed E-state index contributed by atoms with van der Waals surface area (Å²) in [6.07, 6.45) is 2.08. The van der Waals surface area contributed by atoms with Crippen LogP contribution in [0.5, 0.6) is 0 Å². The van der Waals surface area contributed by atoms with E-state index >= 15 is 0 Å². The normalized spacial score (nSPS) is 14.3. The molecule has 3 rings (SSSR count). The molecule has 0 aromatic heterocycles. The summed E-state index contributed by atoms with van der Waals surface area (Å²) in [5, 5.41) is 5.00. The van der Waals surface area contributed by atoms with E-state index in [0.717, 1.165) is 24.1 Å². The first-order chi connectivity index (χ1) is 14.0. The zero-order valence-electron chi connectivity index (χ0n) is 15.7. The number of carbonyl (C=O) groups excluding carboxylic acids is 3. The van der Waals surface area contributed by atoms with Crippen LogP contribution in [0.25, 0.3) is 0 Å². The van der Waals surface area contributed by atoms with E-state index in [9.17, 15) is 23.2 Å². The highest BCUT2D eigenvalue weighted by atomic mass is 19.2. The van der Waals surface area contributed by atoms with Crippen LogP contribution in [0.3, 0.4) is 0 Å². The Labute approximate surface area is 166 Å². The van der Waals surface area contributed by atoms with Crippen molar-refractivity contribution in [2.75, 3.05) is 29.9 Å². The van der Waals surface area contributed by atoms with Gasteiger partial charge in [0.05, 0.1) is 6.54 Å². The number of aldehydes is 1. The Morgan fingerprint density at radius 1 is 1.03 bits per heavy atom. The zero-order valence-corrected chi connectivity index (χ0v) is 15.7. The second-order valence-corrected chi connectivity index (χ2v) is 6.87. The first-order valence-electron chi connectivity index (χ1n) is 9.29. The van der Waals surface area contributed by atoms with Gasteiger partial charge in [-0.3, -0.25) is 14.4 Å². The van der Waals surface area contributed by atoms with Gasteiger partial charge >= 0.3 is 0 Å². The molecule has 1 aliphatic heterocycles. The summed E-state index contributed by atoms with van der Waals surface area (Å²) in [5.41, 5.74) is 1.74. The topological polar surface area (TPSA) is 78.5 Å². The smallest absolute Gasteiger partial charge is 0.243 e. The van der Waals surface area contributed by atoms with E-state index in [0.29, 0.717) is 31.5 Å². The number of hydrogen-bond donors (Lipinski definition) is 2. The summed E-state index contributed by atoms with van der Waals surface area (Å²) in [4.78, 5) is 37.1. The predicted molar refractivity (Wildman–Crippen MR) is 105 cm³/mol. The summed E-state index contributed by atoms with van der Waals surface area (Å²) in [7, 11) is 0. The molecule has 8 heteroatoms. The number of hydrogen-bond acceptors (Lipinski definition) is 4. The SMILES string of the molecule is O=Cc1ccc(N2CCC(C(=O)NCC(=O)Nc3ccc(F)c(F)c3)CC2)cc1. The first-order valence-corrected chi connectivity index (χ1v) is 9.29. The van der Waals surface area contributed by atoms with E-state index in [1.165, 1.54) is 6.07 Å². The fraction of sp³-hybridized carbons (Fsp3) is 0.286. The fourth-order valence-corrected chi connectivity index (χ4v) is 3.25. The molecule has 0 spiro atoms. The van der Waals surface area contributed by atoms with Crippen molar-refractivity contribution in [1.29, 1.82) is 0 Å². The molecule has 2 amide bonds. The van der Waals surface area contributed by atoms with Crippen molar-refractivity contribution in [1.82, 2.24) is 5.32 Å². The van der Waals surface area contributed by atoms with Gasteiger partial charge in [-0.25, -0.2) is 8.78 Å². The van der Waals surface area contributed by atoms with Gasteiger partial charge in [0.15, 0.2) is 11.6 Å². The lowest BCUT2D eigenvalue weighted by Gasteiger charge is -2.33. The van der Waals surface area contributed by atoms with Crippen LogP contribution in [-0.4, -0.2) is 37.7 Å². The van der Waals surface area contributed by atoms with E-state index in [-0.39, 0.29) is 24.1 Å². The maximum absolute atomic E-state index is 13.2. The minimum absolute atomic E-state index is 0.122. The van der Waals surface area contributed by atoms with Crippen molar-refractivity contribution in [2.24, 2.45) is 5.92 Å². The Bertz CT molecular complexity index is 895. The average Bonchev–Trinajstić information content (AvgIpc) is 2.75. The largest absolute Gasteiger partial charge is 0.371 e. The second-order valence-electron chi connectivity index (χ2n) is 6.87. The molecular formula is C21H21F2N3O3. The van der Waals surface area contributed by atoms with Gasteiger partial charge in [-0.15, -0.1) is 0 Å². The van der Waals surface area contributed by atoms with Gasteiger partial charge in [-0.2, -0.15) is 0 Å². The van der Waals surface area contributed by atoms with Gasteiger partial charge < -0.3 is 15.5 Å². The van der Waals surface area contributed by atoms with Crippen LogP contribution in [0.15, 0.2) is 42.5 Å². The van der Waals surface area contributed by atoms with Gasteiger partial charge in [0.25, 0.3) is 0 Å². The first kappa shape index (κ1) is 20.4. The summed E-state index contributed by atoms with van der Waals surface area (Å²) >= 11 is 0. The number of piperidine rings is 1. The van der Waals surface area contributed by atoms with Gasteiger partial charge in [-0.05, 0) is 49.2 Å². The van der Waals surface area contributed by atoms with Crippen molar-refractivity contribution in [3.05, 3.63) is 59.7 Å². The van der Waals surface area contributed by atoms with Crippen LogP contribution in [0, 0.1) is 17.6 Å². The molecule has 0 atom stereocenters. The number of nitrogens with zero attached hydrogens (tertiary/aromatic N) is 1. The number of halogens is 2. The molecule has 1 heterocycles. The van der Waals surface area contributed by atoms with Gasteiger partial charge in [0.2, 0.25) is 11.8 Å². The Morgan fingerprint density at radius 2 is 1.72 bits per heavy atom. The van der Waals surface area contributed by atoms with Crippen molar-refractivity contribution in [3.8, 4) is 0 Å². The minimum Gasteiger partial charge on any atom is -0.371 e. The molecule has 2 N–H and O–H groups in total. The second kappa shape index (κ2) is 9.27. The number of nitrogens with one attached hydrogen (secondary N) is 2. The lowest BCUT2D eigenvalue weighted by molar-refractivity contribution is -0.127. The highest BCUT2D eigenvalue weighted by Gasteiger charge is 2.25. The Morgan fingerprint density at radius 3 is 2.34 bits per heavy atom. The molecule has 1 saturated heterocycles. The molecule has 29 heavy (non-hydrogen) atoms. The van der Waals surface area contributed by atoms with E-state index in [2.05, 4.69) is 15.5 Å². The number of anilines is 2. The molecule has 0 bridgehead atoms.